The number of hydrogen-bond donors (Lipinski definition) is 1. The van der Waals surface area contributed by atoms with E-state index in [4.69, 9.17) is 4.74 Å². The number of nitrogens with zero attached hydrogens (tertiary/aromatic N) is 1. The Balaban J connectivity index is 2.03. The van der Waals surface area contributed by atoms with Crippen molar-refractivity contribution in [1.29, 1.82) is 0 Å². The third-order valence-electron chi connectivity index (χ3n) is 4.26. The Morgan fingerprint density at radius 3 is 2.33 bits per heavy atom. The molecule has 0 radical (unpaired) electrons. The lowest BCUT2D eigenvalue weighted by atomic mass is 10.1. The summed E-state index contributed by atoms with van der Waals surface area (Å²) in [6.45, 7) is 2.13. The fourth-order valence-electron chi connectivity index (χ4n) is 2.63. The molecule has 0 fully saturated rings. The van der Waals surface area contributed by atoms with Crippen molar-refractivity contribution < 1.29 is 14.3 Å². The molecule has 0 aliphatic heterocycles. The number of methoxy groups -OCH3 is 1. The zero-order valence-electron chi connectivity index (χ0n) is 16.0. The van der Waals surface area contributed by atoms with Crippen LogP contribution in [0.4, 0.5) is 0 Å². The minimum absolute atomic E-state index is 0.0529. The molecule has 2 aromatic carbocycles. The lowest BCUT2D eigenvalue weighted by molar-refractivity contribution is -0.138. The second-order valence-corrected chi connectivity index (χ2v) is 7.12. The Morgan fingerprint density at radius 2 is 1.74 bits per heavy atom. The van der Waals surface area contributed by atoms with Gasteiger partial charge in [-0.05, 0) is 30.2 Å². The van der Waals surface area contributed by atoms with E-state index in [1.807, 2.05) is 54.6 Å². The summed E-state index contributed by atoms with van der Waals surface area (Å²) in [6.07, 6.45) is 0. The van der Waals surface area contributed by atoms with Gasteiger partial charge in [0.25, 0.3) is 0 Å². The van der Waals surface area contributed by atoms with Crippen molar-refractivity contribution in [3.63, 3.8) is 0 Å². The summed E-state index contributed by atoms with van der Waals surface area (Å²) in [6, 6.07) is 17.0. The number of hydrogen-bond acceptors (Lipinski definition) is 4. The maximum atomic E-state index is 12.8. The maximum Gasteiger partial charge on any atom is 0.242 e. The van der Waals surface area contributed by atoms with Crippen LogP contribution in [0.5, 0.6) is 5.75 Å². The Labute approximate surface area is 165 Å². The molecule has 27 heavy (non-hydrogen) atoms. The summed E-state index contributed by atoms with van der Waals surface area (Å²) < 4.78 is 5.17. The van der Waals surface area contributed by atoms with E-state index in [2.05, 4.69) is 5.32 Å². The van der Waals surface area contributed by atoms with E-state index in [1.54, 1.807) is 37.7 Å². The molecule has 0 bridgehead atoms. The Morgan fingerprint density at radius 1 is 1.07 bits per heavy atom. The van der Waals surface area contributed by atoms with E-state index in [1.165, 1.54) is 5.56 Å². The fourth-order valence-corrected chi connectivity index (χ4v) is 3.50. The van der Waals surface area contributed by atoms with Crippen molar-refractivity contribution in [3.8, 4) is 5.75 Å². The highest BCUT2D eigenvalue weighted by Crippen LogP contribution is 2.17. The zero-order chi connectivity index (χ0) is 19.6. The van der Waals surface area contributed by atoms with Crippen LogP contribution in [0, 0.1) is 0 Å². The summed E-state index contributed by atoms with van der Waals surface area (Å²) in [4.78, 5) is 26.6. The molecular formula is C21H26N2O3S. The molecule has 0 heterocycles. The number of likely N-dealkylation sites (N-methyl/N-ethyl adjacent to an activating group) is 1. The number of rotatable bonds is 9. The molecule has 144 valence electrons. The molecular weight excluding hydrogens is 360 g/mol. The third-order valence-corrected chi connectivity index (χ3v) is 5.25. The third kappa shape index (κ3) is 6.32. The molecule has 0 aliphatic carbocycles. The first kappa shape index (κ1) is 20.8. The summed E-state index contributed by atoms with van der Waals surface area (Å²) in [5.41, 5.74) is 2.13. The minimum atomic E-state index is -0.540. The summed E-state index contributed by atoms with van der Waals surface area (Å²) in [5, 5.41) is 2.63. The summed E-state index contributed by atoms with van der Waals surface area (Å²) in [5.74, 6) is 1.62. The summed E-state index contributed by atoms with van der Waals surface area (Å²) in [7, 11) is 3.20. The molecule has 2 aromatic rings. The molecule has 5 nitrogen and oxygen atoms in total. The van der Waals surface area contributed by atoms with Gasteiger partial charge >= 0.3 is 0 Å². The number of ether oxygens (including phenoxy) is 1. The first-order valence-electron chi connectivity index (χ1n) is 8.80. The van der Waals surface area contributed by atoms with Crippen LogP contribution in [0.1, 0.15) is 18.1 Å². The van der Waals surface area contributed by atoms with Crippen molar-refractivity contribution in [2.24, 2.45) is 0 Å². The Bertz CT molecular complexity index is 735. The van der Waals surface area contributed by atoms with Crippen LogP contribution in [0.25, 0.3) is 0 Å². The first-order valence-corrected chi connectivity index (χ1v) is 9.96. The van der Waals surface area contributed by atoms with Crippen molar-refractivity contribution in [2.45, 2.75) is 25.3 Å². The van der Waals surface area contributed by atoms with Gasteiger partial charge in [-0.15, -0.1) is 11.8 Å². The van der Waals surface area contributed by atoms with Gasteiger partial charge in [-0.25, -0.2) is 0 Å². The SMILES string of the molecule is CNC(=O)C(C)N(Cc1ccc(OC)cc1)C(=O)CSCc1ccccc1. The molecule has 1 unspecified atom stereocenters. The fraction of sp³-hybridized carbons (Fsp3) is 0.333. The topological polar surface area (TPSA) is 58.6 Å². The highest BCUT2D eigenvalue weighted by Gasteiger charge is 2.25. The molecule has 0 aromatic heterocycles. The van der Waals surface area contributed by atoms with Gasteiger partial charge in [-0.2, -0.15) is 0 Å². The van der Waals surface area contributed by atoms with Gasteiger partial charge in [0.1, 0.15) is 11.8 Å². The monoisotopic (exact) mass is 386 g/mol. The van der Waals surface area contributed by atoms with Crippen molar-refractivity contribution in [2.75, 3.05) is 19.9 Å². The average molecular weight is 387 g/mol. The largest absolute Gasteiger partial charge is 0.497 e. The Kier molecular flexibility index (Phi) is 8.20. The van der Waals surface area contributed by atoms with Gasteiger partial charge in [0.15, 0.2) is 0 Å². The predicted molar refractivity (Wildman–Crippen MR) is 110 cm³/mol. The minimum Gasteiger partial charge on any atom is -0.497 e. The molecule has 1 N–H and O–H groups in total. The lowest BCUT2D eigenvalue weighted by Gasteiger charge is -2.28. The normalized spacial score (nSPS) is 11.5. The second kappa shape index (κ2) is 10.6. The van der Waals surface area contributed by atoms with Gasteiger partial charge in [0.2, 0.25) is 11.8 Å². The van der Waals surface area contributed by atoms with E-state index in [0.717, 1.165) is 17.1 Å². The molecule has 2 rings (SSSR count). The maximum absolute atomic E-state index is 12.8. The zero-order valence-corrected chi connectivity index (χ0v) is 16.8. The van der Waals surface area contributed by atoms with Crippen LogP contribution >= 0.6 is 11.8 Å². The van der Waals surface area contributed by atoms with Gasteiger partial charge < -0.3 is 15.0 Å². The highest BCUT2D eigenvalue weighted by molar-refractivity contribution is 7.99. The van der Waals surface area contributed by atoms with Crippen LogP contribution in [0.15, 0.2) is 54.6 Å². The molecule has 0 spiro atoms. The second-order valence-electron chi connectivity index (χ2n) is 6.14. The Hall–Kier alpha value is -2.47. The average Bonchev–Trinajstić information content (AvgIpc) is 2.72. The van der Waals surface area contributed by atoms with Gasteiger partial charge in [-0.1, -0.05) is 42.5 Å². The van der Waals surface area contributed by atoms with E-state index >= 15 is 0 Å². The summed E-state index contributed by atoms with van der Waals surface area (Å²) >= 11 is 1.55. The molecule has 0 saturated carbocycles. The van der Waals surface area contributed by atoms with E-state index in [-0.39, 0.29) is 11.8 Å². The van der Waals surface area contributed by atoms with Gasteiger partial charge in [-0.3, -0.25) is 9.59 Å². The van der Waals surface area contributed by atoms with Crippen molar-refractivity contribution in [1.82, 2.24) is 10.2 Å². The quantitative estimate of drug-likeness (QED) is 0.719. The van der Waals surface area contributed by atoms with Gasteiger partial charge in [0.05, 0.1) is 12.9 Å². The number of nitrogens with one attached hydrogen (secondary N) is 1. The predicted octanol–water partition coefficient (Wildman–Crippen LogP) is 3.09. The lowest BCUT2D eigenvalue weighted by Crippen LogP contribution is -2.47. The van der Waals surface area contributed by atoms with Gasteiger partial charge in [0, 0.05) is 19.3 Å². The van der Waals surface area contributed by atoms with Crippen molar-refractivity contribution in [3.05, 3.63) is 65.7 Å². The number of amides is 2. The van der Waals surface area contributed by atoms with E-state index in [0.29, 0.717) is 12.3 Å². The smallest absolute Gasteiger partial charge is 0.242 e. The molecule has 2 amide bonds. The number of benzene rings is 2. The van der Waals surface area contributed by atoms with Crippen molar-refractivity contribution >= 4 is 23.6 Å². The molecule has 6 heteroatoms. The highest BCUT2D eigenvalue weighted by atomic mass is 32.2. The standard InChI is InChI=1S/C21H26N2O3S/c1-16(21(25)22-2)23(13-17-9-11-19(26-3)12-10-17)20(24)15-27-14-18-7-5-4-6-8-18/h4-12,16H,13-15H2,1-3H3,(H,22,25). The van der Waals surface area contributed by atoms with Crippen LogP contribution in [-0.4, -0.2) is 42.7 Å². The van der Waals surface area contributed by atoms with E-state index < -0.39 is 6.04 Å². The number of carbonyl (C=O) groups excluding carboxylic acids is 2. The molecule has 1 atom stereocenters. The van der Waals surface area contributed by atoms with Crippen LogP contribution in [-0.2, 0) is 21.9 Å². The number of carbonyl (C=O) groups is 2. The first-order chi connectivity index (χ1) is 13.0. The van der Waals surface area contributed by atoms with Crippen LogP contribution in [0.3, 0.4) is 0 Å². The van der Waals surface area contributed by atoms with Crippen LogP contribution in [0.2, 0.25) is 0 Å². The molecule has 0 saturated heterocycles. The molecule has 0 aliphatic rings. The van der Waals surface area contributed by atoms with E-state index in [9.17, 15) is 9.59 Å². The number of thioether (sulfide) groups is 1. The van der Waals surface area contributed by atoms with Crippen LogP contribution < -0.4 is 10.1 Å².